The molecular formula is C23H19BrClN3O3S. The zero-order valence-corrected chi connectivity index (χ0v) is 20.6. The third-order valence-electron chi connectivity index (χ3n) is 5.16. The Morgan fingerprint density at radius 1 is 1.25 bits per heavy atom. The summed E-state index contributed by atoms with van der Waals surface area (Å²) in [4.78, 5) is 32.4. The van der Waals surface area contributed by atoms with E-state index in [1.54, 1.807) is 25.1 Å². The summed E-state index contributed by atoms with van der Waals surface area (Å²) in [5, 5.41) is 3.69. The summed E-state index contributed by atoms with van der Waals surface area (Å²) in [7, 11) is 1.52. The average molecular weight is 533 g/mol. The number of carbonyl (C=O) groups is 1. The number of fused-ring (bicyclic) bond motifs is 1. The predicted octanol–water partition coefficient (Wildman–Crippen LogP) is 6.06. The summed E-state index contributed by atoms with van der Waals surface area (Å²) < 4.78 is 7.45. The highest BCUT2D eigenvalue weighted by atomic mass is 79.9. The minimum atomic E-state index is -0.779. The number of methoxy groups -OCH3 is 1. The molecular weight excluding hydrogens is 514 g/mol. The van der Waals surface area contributed by atoms with Gasteiger partial charge in [-0.25, -0.2) is 4.98 Å². The molecule has 2 heterocycles. The van der Waals surface area contributed by atoms with Crippen molar-refractivity contribution in [3.63, 3.8) is 0 Å². The number of thiophene rings is 1. The van der Waals surface area contributed by atoms with Gasteiger partial charge in [-0.05, 0) is 49.7 Å². The SMILES string of the molecule is COc1ccc(NC(=O)C(C)n2cnc3sc(C)c(-c4ccc(Br)cc4)c3c2=O)cc1Cl. The van der Waals surface area contributed by atoms with Gasteiger partial charge >= 0.3 is 0 Å². The van der Waals surface area contributed by atoms with E-state index in [1.807, 2.05) is 31.2 Å². The second kappa shape index (κ2) is 9.05. The van der Waals surface area contributed by atoms with E-state index in [9.17, 15) is 9.59 Å². The number of halogens is 2. The number of aryl methyl sites for hydroxylation is 1. The number of benzene rings is 2. The summed E-state index contributed by atoms with van der Waals surface area (Å²) in [5.41, 5.74) is 2.03. The van der Waals surface area contributed by atoms with Crippen LogP contribution in [0, 0.1) is 6.92 Å². The second-order valence-electron chi connectivity index (χ2n) is 7.19. The lowest BCUT2D eigenvalue weighted by atomic mass is 10.0. The lowest BCUT2D eigenvalue weighted by Gasteiger charge is -2.15. The van der Waals surface area contributed by atoms with Gasteiger partial charge in [0.05, 0.1) is 23.8 Å². The molecule has 6 nitrogen and oxygen atoms in total. The van der Waals surface area contributed by atoms with Gasteiger partial charge in [-0.15, -0.1) is 11.3 Å². The van der Waals surface area contributed by atoms with Gasteiger partial charge in [0.2, 0.25) is 5.91 Å². The van der Waals surface area contributed by atoms with Crippen LogP contribution in [0.3, 0.4) is 0 Å². The van der Waals surface area contributed by atoms with Crippen LogP contribution in [0.2, 0.25) is 5.02 Å². The molecule has 0 radical (unpaired) electrons. The predicted molar refractivity (Wildman–Crippen MR) is 133 cm³/mol. The van der Waals surface area contributed by atoms with Crippen LogP contribution in [0.15, 0.2) is 58.1 Å². The highest BCUT2D eigenvalue weighted by Crippen LogP contribution is 2.36. The van der Waals surface area contributed by atoms with Gasteiger partial charge in [0, 0.05) is 20.6 Å². The summed E-state index contributed by atoms with van der Waals surface area (Å²) >= 11 is 11.1. The Morgan fingerprint density at radius 2 is 1.97 bits per heavy atom. The second-order valence-corrected chi connectivity index (χ2v) is 9.72. The highest BCUT2D eigenvalue weighted by Gasteiger charge is 2.22. The maximum absolute atomic E-state index is 13.4. The summed E-state index contributed by atoms with van der Waals surface area (Å²) in [6.45, 7) is 3.63. The Labute approximate surface area is 201 Å². The number of nitrogens with one attached hydrogen (secondary N) is 1. The maximum Gasteiger partial charge on any atom is 0.263 e. The average Bonchev–Trinajstić information content (AvgIpc) is 3.11. The quantitative estimate of drug-likeness (QED) is 0.339. The molecule has 0 aliphatic heterocycles. The van der Waals surface area contributed by atoms with Gasteiger partial charge in [0.1, 0.15) is 16.6 Å². The van der Waals surface area contributed by atoms with E-state index in [2.05, 4.69) is 26.2 Å². The molecule has 9 heteroatoms. The Hall–Kier alpha value is -2.68. The van der Waals surface area contributed by atoms with Crippen molar-refractivity contribution in [3.8, 4) is 16.9 Å². The van der Waals surface area contributed by atoms with Crippen LogP contribution in [-0.2, 0) is 4.79 Å². The van der Waals surface area contributed by atoms with Gasteiger partial charge in [-0.1, -0.05) is 39.7 Å². The normalized spacial score (nSPS) is 12.0. The fraction of sp³-hybridized carbons (Fsp3) is 0.174. The third kappa shape index (κ3) is 4.18. The van der Waals surface area contributed by atoms with Gasteiger partial charge in [0.15, 0.2) is 0 Å². The van der Waals surface area contributed by atoms with Crippen molar-refractivity contribution in [2.24, 2.45) is 0 Å². The first kappa shape index (κ1) is 22.5. The van der Waals surface area contributed by atoms with Crippen molar-refractivity contribution in [2.75, 3.05) is 12.4 Å². The molecule has 0 aliphatic rings. The number of anilines is 1. The molecule has 0 aliphatic carbocycles. The molecule has 1 amide bonds. The summed E-state index contributed by atoms with van der Waals surface area (Å²) in [6.07, 6.45) is 1.43. The molecule has 32 heavy (non-hydrogen) atoms. The van der Waals surface area contributed by atoms with Crippen molar-refractivity contribution in [1.82, 2.24) is 9.55 Å². The molecule has 1 N–H and O–H groups in total. The number of aromatic nitrogens is 2. The molecule has 0 spiro atoms. The van der Waals surface area contributed by atoms with Crippen LogP contribution in [0.4, 0.5) is 5.69 Å². The Morgan fingerprint density at radius 3 is 2.62 bits per heavy atom. The van der Waals surface area contributed by atoms with Crippen LogP contribution in [0.1, 0.15) is 17.8 Å². The fourth-order valence-electron chi connectivity index (χ4n) is 3.47. The standard InChI is InChI=1S/C23H19BrClN3O3S/c1-12(21(29)27-16-8-9-18(31-3)17(25)10-16)28-11-26-22-20(23(28)30)19(13(2)32-22)14-4-6-15(24)7-5-14/h4-12H,1-3H3,(H,27,29). The van der Waals surface area contributed by atoms with Crippen LogP contribution in [0.25, 0.3) is 21.3 Å². The number of ether oxygens (including phenoxy) is 1. The van der Waals surface area contributed by atoms with E-state index in [0.29, 0.717) is 26.7 Å². The smallest absolute Gasteiger partial charge is 0.263 e. The molecule has 164 valence electrons. The van der Waals surface area contributed by atoms with E-state index in [1.165, 1.54) is 29.3 Å². The van der Waals surface area contributed by atoms with Crippen molar-refractivity contribution < 1.29 is 9.53 Å². The number of hydrogen-bond donors (Lipinski definition) is 1. The first-order valence-corrected chi connectivity index (χ1v) is 11.7. The number of carbonyl (C=O) groups excluding carboxylic acids is 1. The molecule has 0 saturated heterocycles. The van der Waals surface area contributed by atoms with Crippen molar-refractivity contribution >= 4 is 60.7 Å². The fourth-order valence-corrected chi connectivity index (χ4v) is 5.00. The highest BCUT2D eigenvalue weighted by molar-refractivity contribution is 9.10. The lowest BCUT2D eigenvalue weighted by molar-refractivity contribution is -0.118. The monoisotopic (exact) mass is 531 g/mol. The Balaban J connectivity index is 1.71. The maximum atomic E-state index is 13.4. The molecule has 0 fully saturated rings. The van der Waals surface area contributed by atoms with Gasteiger partial charge in [-0.3, -0.25) is 14.2 Å². The molecule has 1 unspecified atom stereocenters. The van der Waals surface area contributed by atoms with E-state index in [0.717, 1.165) is 20.5 Å². The zero-order chi connectivity index (χ0) is 23.0. The first-order chi connectivity index (χ1) is 15.3. The molecule has 4 rings (SSSR count). The van der Waals surface area contributed by atoms with E-state index < -0.39 is 6.04 Å². The lowest BCUT2D eigenvalue weighted by Crippen LogP contribution is -2.31. The topological polar surface area (TPSA) is 73.2 Å². The number of amides is 1. The molecule has 2 aromatic carbocycles. The molecule has 1 atom stereocenters. The first-order valence-electron chi connectivity index (χ1n) is 9.70. The number of hydrogen-bond acceptors (Lipinski definition) is 5. The van der Waals surface area contributed by atoms with Crippen LogP contribution >= 0.6 is 38.9 Å². The molecule has 0 saturated carbocycles. The Bertz CT molecular complexity index is 1380. The van der Waals surface area contributed by atoms with Crippen molar-refractivity contribution in [3.05, 3.63) is 73.5 Å². The van der Waals surface area contributed by atoms with Crippen LogP contribution in [0.5, 0.6) is 5.75 Å². The number of nitrogens with zero attached hydrogens (tertiary/aromatic N) is 2. The van der Waals surface area contributed by atoms with Crippen molar-refractivity contribution in [2.45, 2.75) is 19.9 Å². The molecule has 4 aromatic rings. The van der Waals surface area contributed by atoms with Crippen LogP contribution in [-0.4, -0.2) is 22.6 Å². The minimum absolute atomic E-state index is 0.257. The molecule has 0 bridgehead atoms. The van der Waals surface area contributed by atoms with Gasteiger partial charge in [-0.2, -0.15) is 0 Å². The Kier molecular flexibility index (Phi) is 6.37. The van der Waals surface area contributed by atoms with Crippen molar-refractivity contribution in [1.29, 1.82) is 0 Å². The van der Waals surface area contributed by atoms with Gasteiger partial charge in [0.25, 0.3) is 5.56 Å². The number of rotatable bonds is 5. The zero-order valence-electron chi connectivity index (χ0n) is 17.5. The van der Waals surface area contributed by atoms with Gasteiger partial charge < -0.3 is 10.1 Å². The van der Waals surface area contributed by atoms with E-state index in [-0.39, 0.29) is 11.5 Å². The van der Waals surface area contributed by atoms with E-state index >= 15 is 0 Å². The van der Waals surface area contributed by atoms with E-state index in [4.69, 9.17) is 16.3 Å². The third-order valence-corrected chi connectivity index (χ3v) is 7.00. The summed E-state index contributed by atoms with van der Waals surface area (Å²) in [6, 6.07) is 12.0. The van der Waals surface area contributed by atoms with Crippen LogP contribution < -0.4 is 15.6 Å². The largest absolute Gasteiger partial charge is 0.495 e. The minimum Gasteiger partial charge on any atom is -0.495 e. The summed E-state index contributed by atoms with van der Waals surface area (Å²) in [5.74, 6) is 0.156. The molecule has 2 aromatic heterocycles.